The summed E-state index contributed by atoms with van der Waals surface area (Å²) in [6.45, 7) is 7.68. The summed E-state index contributed by atoms with van der Waals surface area (Å²) in [7, 11) is 0. The second-order valence-corrected chi connectivity index (χ2v) is 9.90. The molecule has 2 aliphatic carbocycles. The van der Waals surface area contributed by atoms with Crippen molar-refractivity contribution in [3.05, 3.63) is 65.5 Å². The van der Waals surface area contributed by atoms with Gasteiger partial charge in [-0.3, -0.25) is 4.98 Å². The fourth-order valence-electron chi connectivity index (χ4n) is 5.80. The van der Waals surface area contributed by atoms with Crippen molar-refractivity contribution in [3.8, 4) is 0 Å². The van der Waals surface area contributed by atoms with Crippen molar-refractivity contribution >= 4 is 11.9 Å². The molecule has 1 fully saturated rings. The Morgan fingerprint density at radius 3 is 2.73 bits per heavy atom. The van der Waals surface area contributed by atoms with Crippen molar-refractivity contribution < 1.29 is 29.3 Å². The summed E-state index contributed by atoms with van der Waals surface area (Å²) in [6, 6.07) is 3.26. The molecular formula is C26H31NO6. The average molecular weight is 454 g/mol. The fourth-order valence-corrected chi connectivity index (χ4v) is 5.80. The maximum absolute atomic E-state index is 12.9. The SMILES string of the molecule is CC1=CCC[C@H]2[C@@]1(C)[C@@H](OC(=O)c1cccnc1)[C@H](O)[C@](C)(O)[C@]2(C)/C=C/C1=CC(=O)OC1. The van der Waals surface area contributed by atoms with Crippen LogP contribution in [0.4, 0.5) is 0 Å². The van der Waals surface area contributed by atoms with Gasteiger partial charge in [-0.2, -0.15) is 0 Å². The minimum atomic E-state index is -1.62. The van der Waals surface area contributed by atoms with E-state index in [2.05, 4.69) is 11.1 Å². The summed E-state index contributed by atoms with van der Waals surface area (Å²) < 4.78 is 10.9. The van der Waals surface area contributed by atoms with E-state index in [-0.39, 0.29) is 24.1 Å². The molecule has 1 saturated carbocycles. The van der Waals surface area contributed by atoms with E-state index in [1.54, 1.807) is 31.3 Å². The van der Waals surface area contributed by atoms with Gasteiger partial charge in [0.25, 0.3) is 0 Å². The van der Waals surface area contributed by atoms with Crippen LogP contribution in [0.5, 0.6) is 0 Å². The lowest BCUT2D eigenvalue weighted by atomic mass is 9.44. The van der Waals surface area contributed by atoms with E-state index < -0.39 is 34.6 Å². The fraction of sp³-hybridized carbons (Fsp3) is 0.500. The number of hydrogen-bond donors (Lipinski definition) is 2. The molecular weight excluding hydrogens is 422 g/mol. The minimum Gasteiger partial charge on any atom is -0.458 e. The normalized spacial score (nSPS) is 38.4. The van der Waals surface area contributed by atoms with Gasteiger partial charge in [0.05, 0.1) is 5.56 Å². The van der Waals surface area contributed by atoms with Crippen LogP contribution in [0.1, 0.15) is 50.9 Å². The molecule has 6 atom stereocenters. The first kappa shape index (κ1) is 23.4. The highest BCUT2D eigenvalue weighted by Gasteiger charge is 2.68. The molecule has 0 radical (unpaired) electrons. The number of carbonyl (C=O) groups excluding carboxylic acids is 2. The van der Waals surface area contributed by atoms with Crippen LogP contribution in [0.15, 0.2) is 60.0 Å². The number of aliphatic hydroxyl groups is 2. The average Bonchev–Trinajstić information content (AvgIpc) is 3.21. The number of aromatic nitrogens is 1. The van der Waals surface area contributed by atoms with Crippen molar-refractivity contribution in [2.45, 2.75) is 58.3 Å². The van der Waals surface area contributed by atoms with E-state index in [1.807, 2.05) is 26.8 Å². The van der Waals surface area contributed by atoms with E-state index in [4.69, 9.17) is 9.47 Å². The summed E-state index contributed by atoms with van der Waals surface area (Å²) in [5, 5.41) is 23.2. The van der Waals surface area contributed by atoms with Crippen LogP contribution in [0.25, 0.3) is 0 Å². The van der Waals surface area contributed by atoms with Crippen LogP contribution in [0.3, 0.4) is 0 Å². The molecule has 7 heteroatoms. The standard InChI is InChI=1S/C26H31NO6/c1-16-7-5-9-19-24(2,11-10-17-13-20(28)32-15-17)26(4,31)21(29)22(25(16,19)3)33-23(30)18-8-6-12-27-14-18/h6-8,10-14,19,21-22,29,31H,5,9,15H2,1-4H3/b11-10+/t19-,21+,22+,24-,25+,26+/m1/s1. The molecule has 2 heterocycles. The second kappa shape index (κ2) is 8.22. The number of ether oxygens (including phenoxy) is 2. The molecule has 176 valence electrons. The molecule has 0 bridgehead atoms. The highest BCUT2D eigenvalue weighted by Crippen LogP contribution is 2.63. The Hall–Kier alpha value is -2.77. The summed E-state index contributed by atoms with van der Waals surface area (Å²) >= 11 is 0. The van der Waals surface area contributed by atoms with Crippen molar-refractivity contribution in [1.82, 2.24) is 4.98 Å². The maximum atomic E-state index is 12.9. The van der Waals surface area contributed by atoms with Crippen LogP contribution in [0, 0.1) is 16.7 Å². The Kier molecular flexibility index (Phi) is 5.83. The topological polar surface area (TPSA) is 106 Å². The summed E-state index contributed by atoms with van der Waals surface area (Å²) in [5.41, 5.74) is -1.20. The van der Waals surface area contributed by atoms with Gasteiger partial charge in [0.15, 0.2) is 0 Å². The Morgan fingerprint density at radius 1 is 1.33 bits per heavy atom. The number of pyridine rings is 1. The molecule has 0 amide bonds. The Morgan fingerprint density at radius 2 is 2.09 bits per heavy atom. The number of hydrogen-bond acceptors (Lipinski definition) is 7. The summed E-state index contributed by atoms with van der Waals surface area (Å²) in [6.07, 6.45) is 9.45. The number of carbonyl (C=O) groups is 2. The molecule has 0 saturated heterocycles. The molecule has 0 spiro atoms. The smallest absolute Gasteiger partial charge is 0.340 e. The number of allylic oxidation sites excluding steroid dienone is 1. The van der Waals surface area contributed by atoms with Crippen molar-refractivity contribution in [2.75, 3.05) is 6.61 Å². The second-order valence-electron chi connectivity index (χ2n) is 9.90. The first-order valence-corrected chi connectivity index (χ1v) is 11.3. The van der Waals surface area contributed by atoms with Gasteiger partial charge in [-0.15, -0.1) is 0 Å². The molecule has 3 aliphatic rings. The van der Waals surface area contributed by atoms with Gasteiger partial charge < -0.3 is 19.7 Å². The van der Waals surface area contributed by atoms with Crippen LogP contribution in [0.2, 0.25) is 0 Å². The van der Waals surface area contributed by atoms with Crippen LogP contribution in [-0.4, -0.2) is 51.6 Å². The number of aliphatic hydroxyl groups excluding tert-OH is 1. The Labute approximate surface area is 193 Å². The van der Waals surface area contributed by atoms with Crippen molar-refractivity contribution in [2.24, 2.45) is 16.7 Å². The molecule has 1 aromatic heterocycles. The highest BCUT2D eigenvalue weighted by atomic mass is 16.6. The van der Waals surface area contributed by atoms with Gasteiger partial charge in [-0.25, -0.2) is 9.59 Å². The molecule has 4 rings (SSSR count). The lowest BCUT2D eigenvalue weighted by Crippen LogP contribution is -2.71. The van der Waals surface area contributed by atoms with Gasteiger partial charge in [0, 0.05) is 29.3 Å². The van der Waals surface area contributed by atoms with Crippen LogP contribution < -0.4 is 0 Å². The Balaban J connectivity index is 1.76. The highest BCUT2D eigenvalue weighted by molar-refractivity contribution is 5.89. The lowest BCUT2D eigenvalue weighted by Gasteiger charge is -2.64. The number of esters is 2. The molecule has 0 unspecified atom stereocenters. The predicted octanol–water partition coefficient (Wildman–Crippen LogP) is 3.14. The zero-order chi connectivity index (χ0) is 24.0. The first-order chi connectivity index (χ1) is 15.5. The van der Waals surface area contributed by atoms with Gasteiger partial charge in [-0.1, -0.05) is 37.6 Å². The van der Waals surface area contributed by atoms with Crippen LogP contribution >= 0.6 is 0 Å². The first-order valence-electron chi connectivity index (χ1n) is 11.3. The number of nitrogens with zero attached hydrogens (tertiary/aromatic N) is 1. The van der Waals surface area contributed by atoms with Gasteiger partial charge in [-0.05, 0) is 50.3 Å². The third kappa shape index (κ3) is 3.63. The molecule has 1 aliphatic heterocycles. The molecule has 7 nitrogen and oxygen atoms in total. The Bertz CT molecular complexity index is 1040. The third-order valence-corrected chi connectivity index (χ3v) is 8.21. The van der Waals surface area contributed by atoms with Crippen LogP contribution in [-0.2, 0) is 14.3 Å². The number of cyclic esters (lactones) is 1. The van der Waals surface area contributed by atoms with Gasteiger partial charge >= 0.3 is 11.9 Å². The maximum Gasteiger partial charge on any atom is 0.340 e. The molecule has 1 aromatic rings. The number of fused-ring (bicyclic) bond motifs is 1. The zero-order valence-corrected chi connectivity index (χ0v) is 19.4. The van der Waals surface area contributed by atoms with Crippen molar-refractivity contribution in [1.29, 1.82) is 0 Å². The largest absolute Gasteiger partial charge is 0.458 e. The zero-order valence-electron chi connectivity index (χ0n) is 19.4. The van der Waals surface area contributed by atoms with Crippen molar-refractivity contribution in [3.63, 3.8) is 0 Å². The molecule has 0 aromatic carbocycles. The molecule has 33 heavy (non-hydrogen) atoms. The van der Waals surface area contributed by atoms with E-state index in [9.17, 15) is 19.8 Å². The predicted molar refractivity (Wildman–Crippen MR) is 121 cm³/mol. The van der Waals surface area contributed by atoms with Gasteiger partial charge in [0.1, 0.15) is 24.4 Å². The summed E-state index contributed by atoms with van der Waals surface area (Å²) in [5.74, 6) is -1.12. The van der Waals surface area contributed by atoms with E-state index in [0.29, 0.717) is 5.57 Å². The van der Waals surface area contributed by atoms with Gasteiger partial charge in [0.2, 0.25) is 0 Å². The quantitative estimate of drug-likeness (QED) is 0.533. The van der Waals surface area contributed by atoms with E-state index in [0.717, 1.165) is 18.4 Å². The molecule has 2 N–H and O–H groups in total. The number of rotatable bonds is 4. The van der Waals surface area contributed by atoms with E-state index >= 15 is 0 Å². The summed E-state index contributed by atoms with van der Waals surface area (Å²) in [4.78, 5) is 28.4. The monoisotopic (exact) mass is 453 g/mol. The van der Waals surface area contributed by atoms with E-state index in [1.165, 1.54) is 12.3 Å². The third-order valence-electron chi connectivity index (χ3n) is 8.21. The minimum absolute atomic E-state index is 0.144. The lowest BCUT2D eigenvalue weighted by molar-refractivity contribution is -0.251.